The fourth-order valence-corrected chi connectivity index (χ4v) is 5.23. The van der Waals surface area contributed by atoms with Crippen molar-refractivity contribution in [3.8, 4) is 5.75 Å². The number of ether oxygens (including phenoxy) is 1. The average molecular weight is 358 g/mol. The van der Waals surface area contributed by atoms with Crippen LogP contribution in [0.1, 0.15) is 31.2 Å². The van der Waals surface area contributed by atoms with Crippen molar-refractivity contribution >= 4 is 11.7 Å². The molecule has 140 valence electrons. The number of rotatable bonds is 4. The summed E-state index contributed by atoms with van der Waals surface area (Å²) in [6.45, 7) is 0. The summed E-state index contributed by atoms with van der Waals surface area (Å²) in [5, 5.41) is 14.1. The van der Waals surface area contributed by atoms with E-state index in [1.165, 1.54) is 0 Å². The van der Waals surface area contributed by atoms with Gasteiger partial charge in [-0.15, -0.1) is 0 Å². The van der Waals surface area contributed by atoms with Gasteiger partial charge in [0.2, 0.25) is 5.91 Å². The molecule has 26 heavy (non-hydrogen) atoms. The van der Waals surface area contributed by atoms with Gasteiger partial charge in [-0.2, -0.15) is 0 Å². The molecule has 5 atom stereocenters. The van der Waals surface area contributed by atoms with E-state index in [4.69, 9.17) is 4.74 Å². The van der Waals surface area contributed by atoms with Crippen LogP contribution in [0.3, 0.4) is 0 Å². The third-order valence-corrected chi connectivity index (χ3v) is 6.57. The Morgan fingerprint density at radius 2 is 2.00 bits per heavy atom. The molecule has 2 bridgehead atoms. The minimum Gasteiger partial charge on any atom is -0.497 e. The number of ketones is 1. The van der Waals surface area contributed by atoms with E-state index in [0.717, 1.165) is 17.7 Å². The van der Waals surface area contributed by atoms with Crippen molar-refractivity contribution in [3.05, 3.63) is 29.8 Å². The number of carbonyl (C=O) groups excluding carboxylic acids is 2. The Bertz CT molecular complexity index is 719. The fourth-order valence-electron chi connectivity index (χ4n) is 5.23. The molecule has 3 fully saturated rings. The normalized spacial score (nSPS) is 36.2. The molecule has 0 radical (unpaired) electrons. The van der Waals surface area contributed by atoms with Crippen LogP contribution in [0.4, 0.5) is 0 Å². The summed E-state index contributed by atoms with van der Waals surface area (Å²) in [6.07, 6.45) is 2.21. The molecule has 2 aliphatic heterocycles. The van der Waals surface area contributed by atoms with Gasteiger partial charge in [-0.1, -0.05) is 12.1 Å². The topological polar surface area (TPSA) is 78.9 Å². The monoisotopic (exact) mass is 358 g/mol. The summed E-state index contributed by atoms with van der Waals surface area (Å²) in [5.41, 5.74) is 0.734. The van der Waals surface area contributed by atoms with Crippen LogP contribution < -0.4 is 10.1 Å². The molecule has 2 heterocycles. The zero-order chi connectivity index (χ0) is 18.5. The number of fused-ring (bicyclic) bond motifs is 1. The maximum atomic E-state index is 13.0. The number of likely N-dealkylation sites (N-methyl/N-ethyl adjacent to an activating group) is 1. The van der Waals surface area contributed by atoms with Gasteiger partial charge < -0.3 is 20.1 Å². The molecular formula is C20H26N2O4. The molecule has 1 spiro atoms. The molecular weight excluding hydrogens is 332 g/mol. The lowest BCUT2D eigenvalue weighted by molar-refractivity contribution is -0.162. The Balaban J connectivity index is 1.68. The molecule has 0 unspecified atom stereocenters. The molecule has 2 saturated heterocycles. The van der Waals surface area contributed by atoms with E-state index in [1.807, 2.05) is 29.2 Å². The van der Waals surface area contributed by atoms with Crippen molar-refractivity contribution in [1.29, 1.82) is 0 Å². The number of Topliss-reactive ketones (excluding diaryl/α,β-unsaturated/α-hetero) is 1. The van der Waals surface area contributed by atoms with Gasteiger partial charge in [0.15, 0.2) is 0 Å². The fraction of sp³-hybridized carbons (Fsp3) is 0.600. The summed E-state index contributed by atoms with van der Waals surface area (Å²) in [5.74, 6) is 0.612. The molecule has 6 nitrogen and oxygen atoms in total. The average Bonchev–Trinajstić information content (AvgIpc) is 2.93. The molecule has 1 saturated carbocycles. The first kappa shape index (κ1) is 17.5. The summed E-state index contributed by atoms with van der Waals surface area (Å²) < 4.78 is 5.20. The van der Waals surface area contributed by atoms with Crippen LogP contribution in [0.25, 0.3) is 0 Å². The summed E-state index contributed by atoms with van der Waals surface area (Å²) in [4.78, 5) is 27.4. The SMILES string of the molecule is CN[C@H]1C[C@@]23CCC(=O)[C@@H](C2)[C@@H](O)[C@H](Cc2ccc(OC)cc2)N3C1=O. The number of aliphatic hydroxyl groups excluding tert-OH is 1. The molecule has 6 heteroatoms. The van der Waals surface area contributed by atoms with Crippen LogP contribution in [0, 0.1) is 5.92 Å². The molecule has 1 aromatic rings. The highest BCUT2D eigenvalue weighted by Gasteiger charge is 2.61. The second-order valence-electron chi connectivity index (χ2n) is 7.87. The number of hydrogen-bond donors (Lipinski definition) is 2. The number of benzene rings is 1. The highest BCUT2D eigenvalue weighted by Crippen LogP contribution is 2.50. The van der Waals surface area contributed by atoms with Crippen LogP contribution in [-0.2, 0) is 16.0 Å². The van der Waals surface area contributed by atoms with Gasteiger partial charge in [0, 0.05) is 17.9 Å². The van der Waals surface area contributed by atoms with Crippen LogP contribution >= 0.6 is 0 Å². The van der Waals surface area contributed by atoms with Crippen LogP contribution in [0.15, 0.2) is 24.3 Å². The largest absolute Gasteiger partial charge is 0.497 e. The quantitative estimate of drug-likeness (QED) is 0.836. The van der Waals surface area contributed by atoms with Crippen LogP contribution in [0.5, 0.6) is 5.75 Å². The van der Waals surface area contributed by atoms with Crippen LogP contribution in [0.2, 0.25) is 0 Å². The Morgan fingerprint density at radius 3 is 2.65 bits per heavy atom. The molecule has 0 aromatic heterocycles. The van der Waals surface area contributed by atoms with E-state index in [1.54, 1.807) is 14.2 Å². The third kappa shape index (κ3) is 2.55. The van der Waals surface area contributed by atoms with E-state index in [9.17, 15) is 14.7 Å². The lowest BCUT2D eigenvalue weighted by atomic mass is 9.66. The van der Waals surface area contributed by atoms with Crippen molar-refractivity contribution in [2.24, 2.45) is 5.92 Å². The Morgan fingerprint density at radius 1 is 1.27 bits per heavy atom. The van der Waals surface area contributed by atoms with Crippen molar-refractivity contribution in [2.75, 3.05) is 14.2 Å². The maximum absolute atomic E-state index is 13.0. The first-order valence-corrected chi connectivity index (χ1v) is 9.33. The van der Waals surface area contributed by atoms with Gasteiger partial charge >= 0.3 is 0 Å². The highest BCUT2D eigenvalue weighted by molar-refractivity contribution is 5.89. The zero-order valence-corrected chi connectivity index (χ0v) is 15.3. The van der Waals surface area contributed by atoms with E-state index < -0.39 is 6.10 Å². The number of nitrogens with zero attached hydrogens (tertiary/aromatic N) is 1. The van der Waals surface area contributed by atoms with Crippen molar-refractivity contribution in [2.45, 2.75) is 55.8 Å². The van der Waals surface area contributed by atoms with Gasteiger partial charge in [0.1, 0.15) is 11.5 Å². The third-order valence-electron chi connectivity index (χ3n) is 6.57. The predicted molar refractivity (Wildman–Crippen MR) is 95.9 cm³/mol. The maximum Gasteiger partial charge on any atom is 0.240 e. The minimum absolute atomic E-state index is 0.0536. The first-order valence-electron chi connectivity index (χ1n) is 9.33. The van der Waals surface area contributed by atoms with Gasteiger partial charge in [-0.05, 0) is 50.4 Å². The Hall–Kier alpha value is -1.92. The predicted octanol–water partition coefficient (Wildman–Crippen LogP) is 0.909. The number of piperidine rings is 1. The number of aliphatic hydroxyl groups is 1. The van der Waals surface area contributed by atoms with Gasteiger partial charge in [-0.3, -0.25) is 9.59 Å². The second-order valence-corrected chi connectivity index (χ2v) is 7.87. The first-order chi connectivity index (χ1) is 12.5. The number of hydrogen-bond acceptors (Lipinski definition) is 5. The molecule has 1 aromatic carbocycles. The summed E-state index contributed by atoms with van der Waals surface area (Å²) in [6, 6.07) is 7.09. The second kappa shape index (κ2) is 6.35. The molecule has 4 rings (SSSR count). The van der Waals surface area contributed by atoms with E-state index in [2.05, 4.69) is 5.32 Å². The lowest BCUT2D eigenvalue weighted by Gasteiger charge is -2.54. The van der Waals surface area contributed by atoms with Gasteiger partial charge in [-0.25, -0.2) is 0 Å². The smallest absolute Gasteiger partial charge is 0.240 e. The molecule has 1 aliphatic carbocycles. The molecule has 3 aliphatic rings. The van der Waals surface area contributed by atoms with Crippen molar-refractivity contribution in [3.63, 3.8) is 0 Å². The van der Waals surface area contributed by atoms with Gasteiger partial charge in [0.05, 0.1) is 25.3 Å². The standard InChI is InChI=1S/C20H26N2O4/c1-21-15-11-20-8-7-17(23)14(10-20)18(24)16(22(20)19(15)25)9-12-3-5-13(26-2)6-4-12/h3-6,14-16,18,21,24H,7-11H2,1-2H3/t14-,15+,16+,18-,20-/m1/s1. The minimum atomic E-state index is -0.808. The number of carbonyl (C=O) groups is 2. The molecule has 1 amide bonds. The number of methoxy groups -OCH3 is 1. The van der Waals surface area contributed by atoms with E-state index >= 15 is 0 Å². The van der Waals surface area contributed by atoms with Crippen LogP contribution in [-0.4, -0.2) is 59.6 Å². The zero-order valence-electron chi connectivity index (χ0n) is 15.3. The summed E-state index contributed by atoms with van der Waals surface area (Å²) >= 11 is 0. The Labute approximate surface area is 153 Å². The van der Waals surface area contributed by atoms with Crippen molar-refractivity contribution in [1.82, 2.24) is 10.2 Å². The van der Waals surface area contributed by atoms with Gasteiger partial charge in [0.25, 0.3) is 0 Å². The Kier molecular flexibility index (Phi) is 4.28. The number of nitrogens with one attached hydrogen (secondary N) is 1. The van der Waals surface area contributed by atoms with E-state index in [0.29, 0.717) is 25.7 Å². The van der Waals surface area contributed by atoms with Crippen molar-refractivity contribution < 1.29 is 19.4 Å². The summed E-state index contributed by atoms with van der Waals surface area (Å²) in [7, 11) is 3.43. The van der Waals surface area contributed by atoms with E-state index in [-0.39, 0.29) is 35.2 Å². The lowest BCUT2D eigenvalue weighted by Crippen LogP contribution is -2.66. The number of amides is 1. The molecule has 2 N–H and O–H groups in total. The highest BCUT2D eigenvalue weighted by atomic mass is 16.5.